The van der Waals surface area contributed by atoms with Gasteiger partial charge < -0.3 is 25.2 Å². The highest BCUT2D eigenvalue weighted by atomic mass is 16.5. The number of carbonyl (C=O) groups excluding carboxylic acids is 1. The predicted molar refractivity (Wildman–Crippen MR) is 137 cm³/mol. The van der Waals surface area contributed by atoms with Crippen LogP contribution in [0.25, 0.3) is 11.2 Å². The lowest BCUT2D eigenvalue weighted by Gasteiger charge is -2.41. The Labute approximate surface area is 209 Å². The first-order valence-electron chi connectivity index (χ1n) is 13.0. The van der Waals surface area contributed by atoms with Gasteiger partial charge in [0.05, 0.1) is 18.9 Å². The summed E-state index contributed by atoms with van der Waals surface area (Å²) in [5.74, 6) is 1.77. The van der Waals surface area contributed by atoms with Gasteiger partial charge in [-0.05, 0) is 55.9 Å². The fraction of sp³-hybridized carbons (Fsp3) is 0.538. The van der Waals surface area contributed by atoms with Gasteiger partial charge in [-0.2, -0.15) is 5.10 Å². The second-order valence-electron chi connectivity index (χ2n) is 10.9. The first kappa shape index (κ1) is 22.0. The van der Waals surface area contributed by atoms with Gasteiger partial charge in [0.25, 0.3) is 5.91 Å². The van der Waals surface area contributed by atoms with E-state index in [-0.39, 0.29) is 23.5 Å². The van der Waals surface area contributed by atoms with E-state index in [1.165, 1.54) is 5.56 Å². The number of hydrogen-bond acceptors (Lipinski definition) is 8. The molecule has 1 spiro atoms. The van der Waals surface area contributed by atoms with Gasteiger partial charge >= 0.3 is 0 Å². The molecule has 0 saturated carbocycles. The topological polar surface area (TPSA) is 116 Å². The molecule has 188 valence electrons. The number of nitrogens with zero attached hydrogens (tertiary/aromatic N) is 6. The zero-order valence-electron chi connectivity index (χ0n) is 20.8. The number of rotatable bonds is 2. The second-order valence-corrected chi connectivity index (χ2v) is 10.9. The molecule has 0 bridgehead atoms. The fourth-order valence-electron chi connectivity index (χ4n) is 6.64. The molecule has 6 heterocycles. The molecule has 10 nitrogen and oxygen atoms in total. The molecule has 1 aromatic carbocycles. The van der Waals surface area contributed by atoms with Crippen molar-refractivity contribution in [3.63, 3.8) is 0 Å². The smallest absolute Gasteiger partial charge is 0.254 e. The number of carbonyl (C=O) groups is 1. The van der Waals surface area contributed by atoms with E-state index in [4.69, 9.17) is 20.4 Å². The number of piperidine rings is 1. The van der Waals surface area contributed by atoms with Crippen LogP contribution in [0.1, 0.15) is 47.7 Å². The number of ether oxygens (including phenoxy) is 1. The van der Waals surface area contributed by atoms with E-state index in [0.29, 0.717) is 12.2 Å². The van der Waals surface area contributed by atoms with Crippen LogP contribution in [0.5, 0.6) is 0 Å². The van der Waals surface area contributed by atoms with Gasteiger partial charge in [0, 0.05) is 55.9 Å². The summed E-state index contributed by atoms with van der Waals surface area (Å²) in [4.78, 5) is 28.5. The Morgan fingerprint density at radius 3 is 2.81 bits per heavy atom. The number of anilines is 3. The van der Waals surface area contributed by atoms with E-state index in [9.17, 15) is 4.79 Å². The molecule has 1 amide bonds. The van der Waals surface area contributed by atoms with Crippen LogP contribution >= 0.6 is 0 Å². The van der Waals surface area contributed by atoms with Gasteiger partial charge in [0.15, 0.2) is 17.0 Å². The van der Waals surface area contributed by atoms with E-state index < -0.39 is 0 Å². The van der Waals surface area contributed by atoms with Crippen molar-refractivity contribution in [2.24, 2.45) is 11.1 Å². The van der Waals surface area contributed by atoms with E-state index in [1.807, 2.05) is 19.3 Å². The number of benzene rings is 1. The lowest BCUT2D eigenvalue weighted by Crippen LogP contribution is -2.50. The number of hydrogen-bond donors (Lipinski definition) is 2. The van der Waals surface area contributed by atoms with E-state index >= 15 is 0 Å². The Balaban J connectivity index is 1.16. The molecular formula is C26H32N8O2. The van der Waals surface area contributed by atoms with Gasteiger partial charge in [-0.15, -0.1) is 0 Å². The van der Waals surface area contributed by atoms with Crippen LogP contribution in [-0.2, 0) is 17.7 Å². The van der Waals surface area contributed by atoms with E-state index in [0.717, 1.165) is 85.9 Å². The number of nitrogens with two attached hydrogens (primary N) is 1. The van der Waals surface area contributed by atoms with Gasteiger partial charge in [0.1, 0.15) is 5.82 Å². The van der Waals surface area contributed by atoms with Crippen molar-refractivity contribution < 1.29 is 9.53 Å². The molecule has 2 aromatic heterocycles. The molecule has 10 heteroatoms. The van der Waals surface area contributed by atoms with Gasteiger partial charge in [-0.3, -0.25) is 9.89 Å². The van der Waals surface area contributed by atoms with Gasteiger partial charge in [-0.25, -0.2) is 9.97 Å². The summed E-state index contributed by atoms with van der Waals surface area (Å²) in [5.41, 5.74) is 12.4. The van der Waals surface area contributed by atoms with Crippen molar-refractivity contribution in [2.45, 2.75) is 51.3 Å². The number of amides is 1. The lowest BCUT2D eigenvalue weighted by molar-refractivity contribution is 0.0816. The highest BCUT2D eigenvalue weighted by Gasteiger charge is 2.47. The van der Waals surface area contributed by atoms with Crippen molar-refractivity contribution in [3.8, 4) is 0 Å². The third-order valence-electron chi connectivity index (χ3n) is 8.90. The van der Waals surface area contributed by atoms with Crippen LogP contribution in [0.15, 0.2) is 18.3 Å². The Kier molecular flexibility index (Phi) is 4.81. The maximum Gasteiger partial charge on any atom is 0.254 e. The molecule has 0 unspecified atom stereocenters. The van der Waals surface area contributed by atoms with Gasteiger partial charge in [0.2, 0.25) is 0 Å². The Morgan fingerprint density at radius 1 is 1.19 bits per heavy atom. The Bertz CT molecular complexity index is 1360. The number of aromatic nitrogens is 4. The highest BCUT2D eigenvalue weighted by molar-refractivity contribution is 6.00. The van der Waals surface area contributed by atoms with Crippen LogP contribution in [0.2, 0.25) is 0 Å². The third-order valence-corrected chi connectivity index (χ3v) is 8.90. The monoisotopic (exact) mass is 488 g/mol. The van der Waals surface area contributed by atoms with Crippen molar-refractivity contribution >= 4 is 34.4 Å². The predicted octanol–water partition coefficient (Wildman–Crippen LogP) is 2.36. The van der Waals surface area contributed by atoms with Crippen LogP contribution in [-0.4, -0.2) is 76.4 Å². The number of aromatic amines is 1. The quantitative estimate of drug-likeness (QED) is 0.565. The van der Waals surface area contributed by atoms with E-state index in [1.54, 1.807) is 4.90 Å². The summed E-state index contributed by atoms with van der Waals surface area (Å²) in [6, 6.07) is 4.12. The standard InChI is InChI=1S/C26H32N8O2/c1-15-22(27)26(14-36-15)7-10-33(11-8-26)20-12-28-21-23(29-20)30-31-24(21)34-9-3-4-16-18-13-32(2)25(35)17(18)5-6-19(16)34/h5-6,12,15,22H,3-4,7-11,13-14,27H2,1-2H3,(H,29,30,31)/t15-,22+/m0/s1. The van der Waals surface area contributed by atoms with Crippen LogP contribution < -0.4 is 15.5 Å². The highest BCUT2D eigenvalue weighted by Crippen LogP contribution is 2.43. The molecule has 3 N–H and O–H groups in total. The normalized spacial score (nSPS) is 25.2. The minimum Gasteiger partial charge on any atom is -0.376 e. The second kappa shape index (κ2) is 7.88. The minimum absolute atomic E-state index is 0.0792. The average Bonchev–Trinajstić information content (AvgIpc) is 3.54. The Morgan fingerprint density at radius 2 is 2.03 bits per heavy atom. The minimum atomic E-state index is 0.0792. The summed E-state index contributed by atoms with van der Waals surface area (Å²) in [7, 11) is 1.86. The molecule has 2 atom stereocenters. The summed E-state index contributed by atoms with van der Waals surface area (Å²) in [6.07, 6.45) is 5.96. The first-order chi connectivity index (χ1) is 17.4. The summed E-state index contributed by atoms with van der Waals surface area (Å²) < 4.78 is 5.87. The molecule has 0 aliphatic carbocycles. The summed E-state index contributed by atoms with van der Waals surface area (Å²) >= 11 is 0. The first-order valence-corrected chi connectivity index (χ1v) is 13.0. The SMILES string of the molecule is C[C@@H]1OCC2(CCN(c3cnc4c(N5CCCc6c5ccc5c6CN(C)C5=O)n[nH]c4n3)CC2)[C@@H]1N. The number of nitrogens with one attached hydrogen (secondary N) is 1. The van der Waals surface area contributed by atoms with Crippen LogP contribution in [0.3, 0.4) is 0 Å². The zero-order chi connectivity index (χ0) is 24.6. The van der Waals surface area contributed by atoms with Crippen molar-refractivity contribution in [1.29, 1.82) is 0 Å². The van der Waals surface area contributed by atoms with Crippen molar-refractivity contribution in [3.05, 3.63) is 35.0 Å². The Hall–Kier alpha value is -3.24. The molecule has 4 aliphatic heterocycles. The average molecular weight is 489 g/mol. The third kappa shape index (κ3) is 3.10. The maximum atomic E-state index is 12.5. The van der Waals surface area contributed by atoms with E-state index in [2.05, 4.69) is 33.0 Å². The molecule has 7 rings (SSSR count). The maximum absolute atomic E-state index is 12.5. The summed E-state index contributed by atoms with van der Waals surface area (Å²) in [6.45, 7) is 6.14. The largest absolute Gasteiger partial charge is 0.376 e. The van der Waals surface area contributed by atoms with Crippen LogP contribution in [0.4, 0.5) is 17.3 Å². The molecule has 3 aromatic rings. The zero-order valence-corrected chi connectivity index (χ0v) is 20.8. The van der Waals surface area contributed by atoms with Crippen molar-refractivity contribution in [1.82, 2.24) is 25.1 Å². The lowest BCUT2D eigenvalue weighted by atomic mass is 9.73. The molecule has 0 radical (unpaired) electrons. The molecule has 36 heavy (non-hydrogen) atoms. The number of H-pyrrole nitrogens is 1. The molecular weight excluding hydrogens is 456 g/mol. The molecule has 2 fully saturated rings. The van der Waals surface area contributed by atoms with Crippen molar-refractivity contribution in [2.75, 3.05) is 43.1 Å². The van der Waals surface area contributed by atoms with Gasteiger partial charge in [-0.1, -0.05) is 0 Å². The molecule has 4 aliphatic rings. The number of fused-ring (bicyclic) bond motifs is 4. The van der Waals surface area contributed by atoms with Crippen LogP contribution in [0, 0.1) is 5.41 Å². The fourth-order valence-corrected chi connectivity index (χ4v) is 6.64. The summed E-state index contributed by atoms with van der Waals surface area (Å²) in [5, 5.41) is 7.78. The molecule has 2 saturated heterocycles.